The molecule has 4 nitrogen and oxygen atoms in total. The molecule has 0 unspecified atom stereocenters. The second-order valence-electron chi connectivity index (χ2n) is 5.17. The van der Waals surface area contributed by atoms with Gasteiger partial charge in [0.05, 0.1) is 5.56 Å². The largest absolute Gasteiger partial charge is 0.478 e. The van der Waals surface area contributed by atoms with Gasteiger partial charge < -0.3 is 9.84 Å². The normalized spacial score (nSPS) is 14.5. The summed E-state index contributed by atoms with van der Waals surface area (Å²) in [4.78, 5) is 13.0. The van der Waals surface area contributed by atoms with E-state index in [9.17, 15) is 4.79 Å². The van der Waals surface area contributed by atoms with E-state index in [1.165, 1.54) is 11.1 Å². The highest BCUT2D eigenvalue weighted by atomic mass is 16.5. The predicted molar refractivity (Wildman–Crippen MR) is 79.5 cm³/mol. The van der Waals surface area contributed by atoms with Gasteiger partial charge in [-0.1, -0.05) is 24.3 Å². The Balaban J connectivity index is 1.57. The van der Waals surface area contributed by atoms with Crippen LogP contribution in [0.1, 0.15) is 21.5 Å². The van der Waals surface area contributed by atoms with Crippen molar-refractivity contribution in [3.05, 3.63) is 65.2 Å². The minimum absolute atomic E-state index is 0.272. The lowest BCUT2D eigenvalue weighted by molar-refractivity contribution is 0.0696. The smallest absolute Gasteiger partial charge is 0.335 e. The minimum Gasteiger partial charge on any atom is -0.478 e. The van der Waals surface area contributed by atoms with E-state index in [2.05, 4.69) is 29.2 Å². The van der Waals surface area contributed by atoms with Gasteiger partial charge in [0.1, 0.15) is 12.5 Å². The van der Waals surface area contributed by atoms with Gasteiger partial charge >= 0.3 is 5.97 Å². The van der Waals surface area contributed by atoms with Crippen molar-refractivity contribution in [2.24, 2.45) is 0 Å². The fourth-order valence-electron chi connectivity index (χ4n) is 2.52. The summed E-state index contributed by atoms with van der Waals surface area (Å²) in [6.07, 6.45) is 1.04. The molecule has 0 spiro atoms. The Kier molecular flexibility index (Phi) is 3.88. The Morgan fingerprint density at radius 1 is 1.10 bits per heavy atom. The van der Waals surface area contributed by atoms with E-state index in [0.717, 1.165) is 19.5 Å². The summed E-state index contributed by atoms with van der Waals surface area (Å²) in [7, 11) is 0. The number of aromatic carboxylic acids is 1. The quantitative estimate of drug-likeness (QED) is 0.937. The zero-order chi connectivity index (χ0) is 14.7. The molecule has 0 fully saturated rings. The second-order valence-corrected chi connectivity index (χ2v) is 5.17. The summed E-state index contributed by atoms with van der Waals surface area (Å²) in [5.74, 6) is -0.229. The number of carbonyl (C=O) groups is 1. The average Bonchev–Trinajstić information content (AvgIpc) is 2.53. The van der Waals surface area contributed by atoms with Crippen LogP contribution in [-0.2, 0) is 13.0 Å². The molecule has 4 heteroatoms. The molecule has 108 valence electrons. The van der Waals surface area contributed by atoms with Gasteiger partial charge in [-0.25, -0.2) is 4.79 Å². The summed E-state index contributed by atoms with van der Waals surface area (Å²) in [6, 6.07) is 15.0. The monoisotopic (exact) mass is 283 g/mol. The van der Waals surface area contributed by atoms with Gasteiger partial charge in [-0.2, -0.15) is 0 Å². The van der Waals surface area contributed by atoms with Crippen LogP contribution in [0.5, 0.6) is 5.75 Å². The van der Waals surface area contributed by atoms with E-state index in [4.69, 9.17) is 9.84 Å². The molecule has 0 atom stereocenters. The highest BCUT2D eigenvalue weighted by Crippen LogP contribution is 2.19. The Morgan fingerprint density at radius 2 is 1.81 bits per heavy atom. The number of benzene rings is 2. The molecule has 0 aromatic heterocycles. The zero-order valence-electron chi connectivity index (χ0n) is 11.7. The number of carboxylic acids is 1. The number of hydrogen-bond acceptors (Lipinski definition) is 3. The van der Waals surface area contributed by atoms with Crippen molar-refractivity contribution < 1.29 is 14.6 Å². The number of hydrogen-bond donors (Lipinski definition) is 1. The zero-order valence-corrected chi connectivity index (χ0v) is 11.7. The molecule has 0 radical (unpaired) electrons. The first kappa shape index (κ1) is 13.6. The highest BCUT2D eigenvalue weighted by molar-refractivity contribution is 5.87. The number of carboxylic acid groups (broad SMARTS) is 1. The fourth-order valence-corrected chi connectivity index (χ4v) is 2.52. The summed E-state index contributed by atoms with van der Waals surface area (Å²) in [5.41, 5.74) is 3.04. The lowest BCUT2D eigenvalue weighted by Crippen LogP contribution is -2.33. The van der Waals surface area contributed by atoms with E-state index in [1.54, 1.807) is 24.3 Å². The molecule has 1 heterocycles. The van der Waals surface area contributed by atoms with E-state index < -0.39 is 5.97 Å². The van der Waals surface area contributed by atoms with Crippen LogP contribution in [0, 0.1) is 0 Å². The molecule has 21 heavy (non-hydrogen) atoms. The van der Waals surface area contributed by atoms with E-state index in [1.807, 2.05) is 0 Å². The van der Waals surface area contributed by atoms with Crippen LogP contribution in [0.15, 0.2) is 48.5 Å². The maximum Gasteiger partial charge on any atom is 0.335 e. The van der Waals surface area contributed by atoms with E-state index >= 15 is 0 Å². The van der Waals surface area contributed by atoms with Crippen molar-refractivity contribution >= 4 is 5.97 Å². The van der Waals surface area contributed by atoms with Crippen LogP contribution < -0.4 is 4.74 Å². The van der Waals surface area contributed by atoms with Crippen LogP contribution in [0.3, 0.4) is 0 Å². The molecular formula is C17H17NO3. The number of rotatable bonds is 4. The molecule has 1 N–H and O–H groups in total. The van der Waals surface area contributed by atoms with Gasteiger partial charge in [-0.15, -0.1) is 0 Å². The second kappa shape index (κ2) is 5.97. The van der Waals surface area contributed by atoms with Crippen molar-refractivity contribution in [2.45, 2.75) is 13.0 Å². The Hall–Kier alpha value is -2.33. The number of fused-ring (bicyclic) bond motifs is 1. The molecule has 1 aliphatic rings. The highest BCUT2D eigenvalue weighted by Gasteiger charge is 2.15. The molecule has 0 aliphatic carbocycles. The Bertz CT molecular complexity index is 637. The molecule has 1 aliphatic heterocycles. The lowest BCUT2D eigenvalue weighted by Gasteiger charge is -2.28. The summed E-state index contributed by atoms with van der Waals surface area (Å²) in [6.45, 7) is 2.38. The molecular weight excluding hydrogens is 266 g/mol. The SMILES string of the molecule is O=C(O)c1ccc(OCN2CCc3ccccc3C2)cc1. The molecule has 0 bridgehead atoms. The summed E-state index contributed by atoms with van der Waals surface area (Å²) in [5, 5.41) is 8.85. The van der Waals surface area contributed by atoms with Crippen LogP contribution in [0.25, 0.3) is 0 Å². The first-order valence-corrected chi connectivity index (χ1v) is 6.98. The third kappa shape index (κ3) is 3.23. The first-order chi connectivity index (χ1) is 10.2. The molecule has 0 amide bonds. The van der Waals surface area contributed by atoms with Gasteiger partial charge in [-0.05, 0) is 41.8 Å². The standard InChI is InChI=1S/C17H17NO3/c19-17(20)14-5-7-16(8-6-14)21-12-18-10-9-13-3-1-2-4-15(13)11-18/h1-8H,9-12H2,(H,19,20). The predicted octanol–water partition coefficient (Wildman–Crippen LogP) is 2.78. The molecule has 3 rings (SSSR count). The maximum absolute atomic E-state index is 10.8. The summed E-state index contributed by atoms with van der Waals surface area (Å²) >= 11 is 0. The van der Waals surface area contributed by atoms with E-state index in [0.29, 0.717) is 12.5 Å². The van der Waals surface area contributed by atoms with Gasteiger partial charge in [0.15, 0.2) is 0 Å². The molecule has 0 saturated carbocycles. The Labute approximate surface area is 123 Å². The molecule has 2 aromatic rings. The Morgan fingerprint density at radius 3 is 2.52 bits per heavy atom. The average molecular weight is 283 g/mol. The fraction of sp³-hybridized carbons (Fsp3) is 0.235. The van der Waals surface area contributed by atoms with Crippen LogP contribution in [0.2, 0.25) is 0 Å². The van der Waals surface area contributed by atoms with Crippen molar-refractivity contribution in [3.8, 4) is 5.75 Å². The van der Waals surface area contributed by atoms with Gasteiger partial charge in [-0.3, -0.25) is 4.90 Å². The van der Waals surface area contributed by atoms with Gasteiger partial charge in [0.25, 0.3) is 0 Å². The van der Waals surface area contributed by atoms with Crippen molar-refractivity contribution in [2.75, 3.05) is 13.3 Å². The third-order valence-electron chi connectivity index (χ3n) is 3.72. The van der Waals surface area contributed by atoms with Crippen LogP contribution in [0.4, 0.5) is 0 Å². The van der Waals surface area contributed by atoms with Crippen molar-refractivity contribution in [1.29, 1.82) is 0 Å². The molecule has 0 saturated heterocycles. The van der Waals surface area contributed by atoms with Crippen molar-refractivity contribution in [3.63, 3.8) is 0 Å². The van der Waals surface area contributed by atoms with Crippen molar-refractivity contribution in [1.82, 2.24) is 4.90 Å². The molecule has 2 aromatic carbocycles. The summed E-state index contributed by atoms with van der Waals surface area (Å²) < 4.78 is 5.73. The van der Waals surface area contributed by atoms with Gasteiger partial charge in [0.2, 0.25) is 0 Å². The maximum atomic E-state index is 10.8. The van der Waals surface area contributed by atoms with Crippen LogP contribution in [-0.4, -0.2) is 29.3 Å². The third-order valence-corrected chi connectivity index (χ3v) is 3.72. The topological polar surface area (TPSA) is 49.8 Å². The van der Waals surface area contributed by atoms with Crippen LogP contribution >= 0.6 is 0 Å². The minimum atomic E-state index is -0.922. The number of nitrogens with zero attached hydrogens (tertiary/aromatic N) is 1. The number of ether oxygens (including phenoxy) is 1. The lowest BCUT2D eigenvalue weighted by atomic mass is 10.0. The first-order valence-electron chi connectivity index (χ1n) is 6.98. The van der Waals surface area contributed by atoms with E-state index in [-0.39, 0.29) is 5.56 Å². The van der Waals surface area contributed by atoms with Gasteiger partial charge in [0, 0.05) is 13.1 Å².